The van der Waals surface area contributed by atoms with E-state index in [1.807, 2.05) is 0 Å². The van der Waals surface area contributed by atoms with Gasteiger partial charge in [-0.2, -0.15) is 18.2 Å². The van der Waals surface area contributed by atoms with Crippen molar-refractivity contribution >= 4 is 23.6 Å². The molecule has 2 rings (SSSR count). The number of aromatic nitrogens is 1. The molecule has 0 fully saturated rings. The molecule has 26 heavy (non-hydrogen) atoms. The van der Waals surface area contributed by atoms with Gasteiger partial charge in [0, 0.05) is 5.69 Å². The van der Waals surface area contributed by atoms with Crippen LogP contribution in [0.25, 0.3) is 0 Å². The second-order valence-corrected chi connectivity index (χ2v) is 5.57. The van der Waals surface area contributed by atoms with Gasteiger partial charge >= 0.3 is 12.1 Å². The number of rotatable bonds is 6. The monoisotopic (exact) mass is 371 g/mol. The molecule has 2 aromatic rings. The number of carbonyl (C=O) groups is 2. The zero-order valence-corrected chi connectivity index (χ0v) is 13.8. The molecule has 0 saturated carbocycles. The number of hydrogen-bond donors (Lipinski definition) is 3. The zero-order valence-electron chi connectivity index (χ0n) is 13.8. The van der Waals surface area contributed by atoms with E-state index < -0.39 is 35.7 Å². The molecule has 0 spiro atoms. The largest absolute Gasteiger partial charge is 0.480 e. The molecular formula is C16H16F3N3O4. The van der Waals surface area contributed by atoms with Crippen LogP contribution in [0, 0.1) is 0 Å². The third-order valence-electron chi connectivity index (χ3n) is 3.58. The van der Waals surface area contributed by atoms with E-state index in [-0.39, 0.29) is 6.01 Å². The first-order valence-electron chi connectivity index (χ1n) is 7.51. The number of amides is 1. The highest BCUT2D eigenvalue weighted by molar-refractivity contribution is 5.87. The van der Waals surface area contributed by atoms with E-state index in [2.05, 4.69) is 15.6 Å². The van der Waals surface area contributed by atoms with E-state index >= 15 is 0 Å². The fourth-order valence-corrected chi connectivity index (χ4v) is 1.99. The smallest absolute Gasteiger partial charge is 0.436 e. The van der Waals surface area contributed by atoms with E-state index in [4.69, 9.17) is 9.52 Å². The lowest BCUT2D eigenvalue weighted by Gasteiger charge is -2.15. The average Bonchev–Trinajstić information content (AvgIpc) is 3.03. The molecule has 1 unspecified atom stereocenters. The Morgan fingerprint density at radius 1 is 1.19 bits per heavy atom. The summed E-state index contributed by atoms with van der Waals surface area (Å²) in [6, 6.07) is 4.93. The van der Waals surface area contributed by atoms with Gasteiger partial charge in [0.05, 0.1) is 5.92 Å². The summed E-state index contributed by atoms with van der Waals surface area (Å²) in [5.74, 6) is -2.21. The molecule has 1 heterocycles. The van der Waals surface area contributed by atoms with Crippen LogP contribution in [0.3, 0.4) is 0 Å². The fourth-order valence-electron chi connectivity index (χ4n) is 1.99. The van der Waals surface area contributed by atoms with Gasteiger partial charge in [-0.1, -0.05) is 12.1 Å². The number of halogens is 3. The summed E-state index contributed by atoms with van der Waals surface area (Å²) in [6.45, 7) is 2.96. The van der Waals surface area contributed by atoms with Gasteiger partial charge in [-0.05, 0) is 31.5 Å². The zero-order chi connectivity index (χ0) is 19.5. The molecule has 1 amide bonds. The predicted molar refractivity (Wildman–Crippen MR) is 84.9 cm³/mol. The first-order valence-corrected chi connectivity index (χ1v) is 7.51. The summed E-state index contributed by atoms with van der Waals surface area (Å²) in [5.41, 5.74) is -0.126. The minimum Gasteiger partial charge on any atom is -0.480 e. The Hall–Kier alpha value is -3.04. The Morgan fingerprint density at radius 2 is 1.81 bits per heavy atom. The topological polar surface area (TPSA) is 104 Å². The summed E-state index contributed by atoms with van der Waals surface area (Å²) >= 11 is 0. The maximum absolute atomic E-state index is 12.5. The molecule has 1 aromatic carbocycles. The van der Waals surface area contributed by atoms with Gasteiger partial charge in [-0.25, -0.2) is 0 Å². The number of hydrogen-bond acceptors (Lipinski definition) is 5. The van der Waals surface area contributed by atoms with Crippen LogP contribution in [0.5, 0.6) is 0 Å². The molecule has 3 N–H and O–H groups in total. The molecule has 1 aromatic heterocycles. The van der Waals surface area contributed by atoms with Crippen molar-refractivity contribution in [2.75, 3.05) is 5.32 Å². The standard InChI is InChI=1S/C16H16F3N3O4/c1-8(13(23)20-9(2)14(24)25)10-3-5-11(6-4-10)21-15-22-12(7-26-15)16(17,18)19/h3-9H,1-2H3,(H,20,23)(H,21,22)(H,24,25)/t8-,9?/m0/s1. The number of carboxylic acid groups (broad SMARTS) is 1. The van der Waals surface area contributed by atoms with Gasteiger partial charge in [0.25, 0.3) is 6.01 Å². The molecule has 0 saturated heterocycles. The third-order valence-corrected chi connectivity index (χ3v) is 3.58. The van der Waals surface area contributed by atoms with Gasteiger partial charge in [0.15, 0.2) is 5.69 Å². The normalized spacial score (nSPS) is 13.7. The number of oxazole rings is 1. The second kappa shape index (κ2) is 7.46. The molecular weight excluding hydrogens is 355 g/mol. The molecule has 0 aliphatic heterocycles. The lowest BCUT2D eigenvalue weighted by molar-refractivity contribution is -0.141. The van der Waals surface area contributed by atoms with Gasteiger partial charge in [0.1, 0.15) is 12.3 Å². The number of nitrogens with one attached hydrogen (secondary N) is 2. The molecule has 0 radical (unpaired) electrons. The Kier molecular flexibility index (Phi) is 5.53. The Labute approximate surface area is 146 Å². The Bertz CT molecular complexity index is 787. The van der Waals surface area contributed by atoms with Crippen molar-refractivity contribution in [3.63, 3.8) is 0 Å². The molecule has 2 atom stereocenters. The van der Waals surface area contributed by atoms with Crippen LogP contribution in [-0.2, 0) is 15.8 Å². The number of aliphatic carboxylic acids is 1. The maximum atomic E-state index is 12.5. The fraction of sp³-hybridized carbons (Fsp3) is 0.312. The second-order valence-electron chi connectivity index (χ2n) is 5.57. The number of carboxylic acids is 1. The van der Waals surface area contributed by atoms with E-state index in [0.717, 1.165) is 0 Å². The van der Waals surface area contributed by atoms with Crippen LogP contribution in [-0.4, -0.2) is 28.0 Å². The highest BCUT2D eigenvalue weighted by atomic mass is 19.4. The van der Waals surface area contributed by atoms with Crippen LogP contribution < -0.4 is 10.6 Å². The van der Waals surface area contributed by atoms with Gasteiger partial charge in [-0.15, -0.1) is 0 Å². The van der Waals surface area contributed by atoms with Crippen molar-refractivity contribution in [3.8, 4) is 0 Å². The molecule has 140 valence electrons. The van der Waals surface area contributed by atoms with Crippen molar-refractivity contribution in [3.05, 3.63) is 41.8 Å². The van der Waals surface area contributed by atoms with E-state index in [1.54, 1.807) is 19.1 Å². The summed E-state index contributed by atoms with van der Waals surface area (Å²) < 4.78 is 42.1. The third kappa shape index (κ3) is 4.74. The van der Waals surface area contributed by atoms with Crippen molar-refractivity contribution in [2.45, 2.75) is 32.0 Å². The predicted octanol–water partition coefficient (Wildman–Crippen LogP) is 3.13. The maximum Gasteiger partial charge on any atom is 0.436 e. The molecule has 7 nitrogen and oxygen atoms in total. The first kappa shape index (κ1) is 19.3. The average molecular weight is 371 g/mol. The highest BCUT2D eigenvalue weighted by Gasteiger charge is 2.34. The van der Waals surface area contributed by atoms with Gasteiger partial charge < -0.3 is 20.2 Å². The number of nitrogens with zero attached hydrogens (tertiary/aromatic N) is 1. The van der Waals surface area contributed by atoms with Crippen LogP contribution in [0.1, 0.15) is 31.0 Å². The summed E-state index contributed by atoms with van der Waals surface area (Å²) in [7, 11) is 0. The van der Waals surface area contributed by atoms with Gasteiger partial charge in [-0.3, -0.25) is 9.59 Å². The quantitative estimate of drug-likeness (QED) is 0.721. The van der Waals surface area contributed by atoms with E-state index in [9.17, 15) is 22.8 Å². The molecule has 0 bridgehead atoms. The SMILES string of the molecule is CC(NC(=O)[C@@H](C)c1ccc(Nc2nc(C(F)(F)F)co2)cc1)C(=O)O. The number of carbonyl (C=O) groups excluding carboxylic acids is 1. The number of benzene rings is 1. The Balaban J connectivity index is 2.02. The van der Waals surface area contributed by atoms with E-state index in [0.29, 0.717) is 17.5 Å². The van der Waals surface area contributed by atoms with Crippen LogP contribution >= 0.6 is 0 Å². The van der Waals surface area contributed by atoms with Crippen LogP contribution in [0.2, 0.25) is 0 Å². The molecule has 10 heteroatoms. The van der Waals surface area contributed by atoms with Crippen molar-refractivity contribution < 1.29 is 32.3 Å². The molecule has 0 aliphatic rings. The number of alkyl halides is 3. The minimum absolute atomic E-state index is 0.314. The Morgan fingerprint density at radius 3 is 2.31 bits per heavy atom. The summed E-state index contributed by atoms with van der Waals surface area (Å²) in [5, 5.41) is 13.7. The highest BCUT2D eigenvalue weighted by Crippen LogP contribution is 2.30. The number of anilines is 2. The van der Waals surface area contributed by atoms with E-state index in [1.165, 1.54) is 19.1 Å². The van der Waals surface area contributed by atoms with Crippen LogP contribution in [0.4, 0.5) is 24.9 Å². The molecule has 0 aliphatic carbocycles. The van der Waals surface area contributed by atoms with Crippen molar-refractivity contribution in [1.82, 2.24) is 10.3 Å². The lowest BCUT2D eigenvalue weighted by atomic mass is 10.00. The lowest BCUT2D eigenvalue weighted by Crippen LogP contribution is -2.40. The first-order chi connectivity index (χ1) is 12.1. The van der Waals surface area contributed by atoms with Crippen LogP contribution in [0.15, 0.2) is 34.9 Å². The van der Waals surface area contributed by atoms with Crippen molar-refractivity contribution in [2.24, 2.45) is 0 Å². The minimum atomic E-state index is -4.59. The van der Waals surface area contributed by atoms with Crippen molar-refractivity contribution in [1.29, 1.82) is 0 Å². The van der Waals surface area contributed by atoms with Gasteiger partial charge in [0.2, 0.25) is 5.91 Å². The summed E-state index contributed by atoms with van der Waals surface area (Å²) in [6.07, 6.45) is -4.09. The summed E-state index contributed by atoms with van der Waals surface area (Å²) in [4.78, 5) is 26.1.